The number of nitro groups is 1. The zero-order valence-electron chi connectivity index (χ0n) is 10.8. The van der Waals surface area contributed by atoms with Crippen LogP contribution in [0, 0.1) is 16.5 Å². The molecule has 0 saturated heterocycles. The number of allylic oxidation sites excluding steroid dienone is 3. The second kappa shape index (κ2) is 6.44. The van der Waals surface area contributed by atoms with Crippen molar-refractivity contribution in [1.82, 2.24) is 4.90 Å². The van der Waals surface area contributed by atoms with Gasteiger partial charge in [0.25, 0.3) is 6.20 Å². The Balaban J connectivity index is 2.88. The van der Waals surface area contributed by atoms with Crippen molar-refractivity contribution >= 4 is 0 Å². The minimum Gasteiger partial charge on any atom is -0.304 e. The third-order valence-corrected chi connectivity index (χ3v) is 2.72. The summed E-state index contributed by atoms with van der Waals surface area (Å²) in [5, 5.41) is 10.5. The number of likely N-dealkylation sites (N-methyl/N-ethyl adjacent to an activating group) is 1. The van der Waals surface area contributed by atoms with Gasteiger partial charge < -0.3 is 4.90 Å². The van der Waals surface area contributed by atoms with Gasteiger partial charge in [0.1, 0.15) is 6.54 Å². The molecule has 0 aliphatic heterocycles. The SMILES string of the molecule is CN(C)CC[N+](N)(C=C[N+](=O)[O-])C1=CC[CH]C=C1. The first-order chi connectivity index (χ1) is 8.44. The number of nitrogens with two attached hydrogens (primary N) is 1. The Morgan fingerprint density at radius 3 is 2.83 bits per heavy atom. The van der Waals surface area contributed by atoms with Gasteiger partial charge in [-0.2, -0.15) is 10.4 Å². The highest BCUT2D eigenvalue weighted by Crippen LogP contribution is 2.19. The standard InChI is InChI=1S/C12H20N4O2/c1-14(2)8-10-16(13,11-9-15(17)18)12-6-4-3-5-7-12/h3-4,6-7,9,11H,5,8,10,13H2,1-2H3/q+1. The quantitative estimate of drug-likeness (QED) is 0.332. The summed E-state index contributed by atoms with van der Waals surface area (Å²) < 4.78 is -0.0521. The van der Waals surface area contributed by atoms with Crippen molar-refractivity contribution in [3.8, 4) is 0 Å². The third-order valence-electron chi connectivity index (χ3n) is 2.72. The number of hydrogen-bond donors (Lipinski definition) is 1. The van der Waals surface area contributed by atoms with Gasteiger partial charge >= 0.3 is 0 Å². The van der Waals surface area contributed by atoms with Gasteiger partial charge in [-0.1, -0.05) is 6.08 Å². The first-order valence-electron chi connectivity index (χ1n) is 5.78. The van der Waals surface area contributed by atoms with Gasteiger partial charge in [0, 0.05) is 6.54 Å². The molecule has 0 aromatic rings. The van der Waals surface area contributed by atoms with E-state index in [1.807, 2.05) is 43.6 Å². The molecule has 18 heavy (non-hydrogen) atoms. The predicted molar refractivity (Wildman–Crippen MR) is 70.1 cm³/mol. The van der Waals surface area contributed by atoms with Crippen LogP contribution in [0.3, 0.4) is 0 Å². The Labute approximate surface area is 107 Å². The van der Waals surface area contributed by atoms with Crippen LogP contribution in [0.15, 0.2) is 36.3 Å². The fraction of sp³-hybridized carbons (Fsp3) is 0.417. The zero-order chi connectivity index (χ0) is 13.6. The molecule has 0 amide bonds. The molecule has 0 heterocycles. The van der Waals surface area contributed by atoms with Crippen molar-refractivity contribution in [2.75, 3.05) is 27.2 Å². The van der Waals surface area contributed by atoms with Crippen molar-refractivity contribution in [2.24, 2.45) is 5.84 Å². The molecule has 1 atom stereocenters. The van der Waals surface area contributed by atoms with E-state index in [2.05, 4.69) is 0 Å². The maximum Gasteiger partial charge on any atom is 0.289 e. The second-order valence-electron chi connectivity index (χ2n) is 4.50. The van der Waals surface area contributed by atoms with Crippen LogP contribution in [0.25, 0.3) is 0 Å². The smallest absolute Gasteiger partial charge is 0.289 e. The highest BCUT2D eigenvalue weighted by molar-refractivity contribution is 5.22. The zero-order valence-corrected chi connectivity index (χ0v) is 10.8. The maximum absolute atomic E-state index is 10.5. The van der Waals surface area contributed by atoms with E-state index in [1.165, 1.54) is 6.20 Å². The van der Waals surface area contributed by atoms with Gasteiger partial charge in [0.15, 0.2) is 11.9 Å². The number of quaternary nitrogens is 1. The predicted octanol–water partition coefficient (Wildman–Crippen LogP) is 1.03. The summed E-state index contributed by atoms with van der Waals surface area (Å²) in [6, 6.07) is 0. The van der Waals surface area contributed by atoms with Crippen LogP contribution >= 0.6 is 0 Å². The molecule has 1 aliphatic carbocycles. The topological polar surface area (TPSA) is 72.4 Å². The lowest BCUT2D eigenvalue weighted by molar-refractivity contribution is -0.852. The van der Waals surface area contributed by atoms with Gasteiger partial charge in [-0.15, -0.1) is 0 Å². The van der Waals surface area contributed by atoms with E-state index in [0.29, 0.717) is 6.54 Å². The molecule has 6 heteroatoms. The minimum atomic E-state index is -0.491. The molecular weight excluding hydrogens is 232 g/mol. The number of hydrogen-bond acceptors (Lipinski definition) is 4. The van der Waals surface area contributed by atoms with E-state index in [-0.39, 0.29) is 4.59 Å². The van der Waals surface area contributed by atoms with Crippen molar-refractivity contribution in [3.63, 3.8) is 0 Å². The van der Waals surface area contributed by atoms with E-state index in [4.69, 9.17) is 5.84 Å². The first-order valence-corrected chi connectivity index (χ1v) is 5.78. The van der Waals surface area contributed by atoms with Gasteiger partial charge in [-0.3, -0.25) is 10.1 Å². The molecule has 6 nitrogen and oxygen atoms in total. The molecule has 0 saturated carbocycles. The molecule has 0 aromatic heterocycles. The van der Waals surface area contributed by atoms with Crippen LogP contribution in [-0.4, -0.2) is 41.6 Å². The minimum absolute atomic E-state index is 0.0521. The molecule has 0 aromatic carbocycles. The largest absolute Gasteiger partial charge is 0.304 e. The van der Waals surface area contributed by atoms with Crippen LogP contribution in [-0.2, 0) is 0 Å². The molecule has 1 unspecified atom stereocenters. The Hall–Kier alpha value is -1.50. The maximum atomic E-state index is 10.5. The summed E-state index contributed by atoms with van der Waals surface area (Å²) in [5.74, 6) is 6.26. The molecule has 1 rings (SSSR count). The molecule has 2 N–H and O–H groups in total. The Morgan fingerprint density at radius 1 is 1.61 bits per heavy atom. The molecule has 1 aliphatic rings. The molecule has 0 bridgehead atoms. The van der Waals surface area contributed by atoms with Gasteiger partial charge in [0.2, 0.25) is 0 Å². The van der Waals surface area contributed by atoms with E-state index in [0.717, 1.165) is 24.9 Å². The Morgan fingerprint density at radius 2 is 2.33 bits per heavy atom. The fourth-order valence-electron chi connectivity index (χ4n) is 1.64. The lowest BCUT2D eigenvalue weighted by Gasteiger charge is -2.30. The van der Waals surface area contributed by atoms with E-state index < -0.39 is 4.92 Å². The van der Waals surface area contributed by atoms with Crippen LogP contribution in [0.2, 0.25) is 0 Å². The monoisotopic (exact) mass is 252 g/mol. The summed E-state index contributed by atoms with van der Waals surface area (Å²) in [4.78, 5) is 12.0. The molecular formula is C12H20N4O2+. The Kier molecular flexibility index (Phi) is 5.21. The van der Waals surface area contributed by atoms with Crippen molar-refractivity contribution < 1.29 is 9.52 Å². The molecule has 1 radical (unpaired) electrons. The molecule has 0 fully saturated rings. The average Bonchev–Trinajstić information content (AvgIpc) is 2.35. The number of rotatable bonds is 6. The molecule has 99 valence electrons. The number of nitrogens with zero attached hydrogens (tertiary/aromatic N) is 3. The summed E-state index contributed by atoms with van der Waals surface area (Å²) >= 11 is 0. The summed E-state index contributed by atoms with van der Waals surface area (Å²) in [6.07, 6.45) is 10.9. The second-order valence-corrected chi connectivity index (χ2v) is 4.50. The summed E-state index contributed by atoms with van der Waals surface area (Å²) in [5.41, 5.74) is 0.873. The van der Waals surface area contributed by atoms with Gasteiger partial charge in [-0.05, 0) is 39.1 Å². The van der Waals surface area contributed by atoms with Crippen LogP contribution in [0.5, 0.6) is 0 Å². The van der Waals surface area contributed by atoms with Crippen LogP contribution in [0.4, 0.5) is 0 Å². The lowest BCUT2D eigenvalue weighted by Crippen LogP contribution is -2.51. The van der Waals surface area contributed by atoms with Crippen molar-refractivity contribution in [1.29, 1.82) is 0 Å². The third kappa shape index (κ3) is 4.40. The van der Waals surface area contributed by atoms with E-state index >= 15 is 0 Å². The summed E-state index contributed by atoms with van der Waals surface area (Å²) in [7, 11) is 3.89. The average molecular weight is 252 g/mol. The molecule has 0 spiro atoms. The van der Waals surface area contributed by atoms with Crippen molar-refractivity contribution in [2.45, 2.75) is 6.42 Å². The summed E-state index contributed by atoms with van der Waals surface area (Å²) in [6.45, 7) is 1.32. The lowest BCUT2D eigenvalue weighted by atomic mass is 10.1. The normalized spacial score (nSPS) is 19.0. The van der Waals surface area contributed by atoms with Crippen LogP contribution < -0.4 is 5.84 Å². The fourth-order valence-corrected chi connectivity index (χ4v) is 1.64. The van der Waals surface area contributed by atoms with Crippen LogP contribution in [0.1, 0.15) is 6.42 Å². The van der Waals surface area contributed by atoms with E-state index in [9.17, 15) is 10.1 Å². The highest BCUT2D eigenvalue weighted by atomic mass is 16.6. The Bertz CT molecular complexity index is 388. The van der Waals surface area contributed by atoms with Gasteiger partial charge in [0.05, 0.1) is 4.92 Å². The highest BCUT2D eigenvalue weighted by Gasteiger charge is 2.27. The van der Waals surface area contributed by atoms with Crippen molar-refractivity contribution in [3.05, 3.63) is 52.9 Å². The first kappa shape index (κ1) is 14.6. The van der Waals surface area contributed by atoms with Gasteiger partial charge in [-0.25, -0.2) is 0 Å². The van der Waals surface area contributed by atoms with E-state index in [1.54, 1.807) is 0 Å².